The average molecular weight is 330 g/mol. The summed E-state index contributed by atoms with van der Waals surface area (Å²) in [6.07, 6.45) is 0. The minimum absolute atomic E-state index is 0.498. The fourth-order valence-corrected chi connectivity index (χ4v) is 5.92. The maximum atomic E-state index is 9.12. The molecule has 1 aliphatic rings. The van der Waals surface area contributed by atoms with E-state index in [0.29, 0.717) is 9.81 Å². The van der Waals surface area contributed by atoms with Gasteiger partial charge in [0.05, 0.1) is 4.24 Å². The molecule has 96 valence electrons. The van der Waals surface area contributed by atoms with Crippen LogP contribution in [0.5, 0.6) is 0 Å². The lowest BCUT2D eigenvalue weighted by Crippen LogP contribution is -1.82. The summed E-state index contributed by atoms with van der Waals surface area (Å²) < 4.78 is 1.02. The third kappa shape index (κ3) is 2.44. The van der Waals surface area contributed by atoms with E-state index in [1.165, 1.54) is 33.3 Å². The average Bonchev–Trinajstić information content (AvgIpc) is 3.21. The van der Waals surface area contributed by atoms with Crippen molar-refractivity contribution in [2.24, 2.45) is 0 Å². The maximum Gasteiger partial charge on any atom is 0.115 e. The van der Waals surface area contributed by atoms with Crippen LogP contribution in [0, 0.1) is 22.7 Å². The van der Waals surface area contributed by atoms with E-state index in [4.69, 9.17) is 10.5 Å². The molecule has 0 saturated carbocycles. The molecule has 0 unspecified atom stereocenters. The van der Waals surface area contributed by atoms with Crippen molar-refractivity contribution in [2.75, 3.05) is 0 Å². The second-order valence-corrected chi connectivity index (χ2v) is 7.90. The van der Waals surface area contributed by atoms with E-state index in [-0.39, 0.29) is 0 Å². The Kier molecular flexibility index (Phi) is 4.00. The molecular formula is C14H6N2S4. The number of hydrogen-bond acceptors (Lipinski definition) is 6. The van der Waals surface area contributed by atoms with Gasteiger partial charge in [-0.2, -0.15) is 10.5 Å². The van der Waals surface area contributed by atoms with Crippen molar-refractivity contribution < 1.29 is 0 Å². The van der Waals surface area contributed by atoms with Gasteiger partial charge in [0.2, 0.25) is 0 Å². The van der Waals surface area contributed by atoms with Crippen molar-refractivity contribution in [1.29, 1.82) is 10.5 Å². The summed E-state index contributed by atoms with van der Waals surface area (Å²) >= 11 is 6.14. The predicted octanol–water partition coefficient (Wildman–Crippen LogP) is 5.27. The molecular weight excluding hydrogens is 324 g/mol. The van der Waals surface area contributed by atoms with Gasteiger partial charge >= 0.3 is 0 Å². The first-order valence-electron chi connectivity index (χ1n) is 5.55. The SMILES string of the molecule is N#CC1=C(C#N)SC(=C(c2cccs2)c2cccs2)S1. The molecule has 0 amide bonds. The normalized spacial score (nSPS) is 14.2. The molecule has 0 aromatic carbocycles. The first kappa shape index (κ1) is 13.5. The zero-order valence-corrected chi connectivity index (χ0v) is 13.3. The van der Waals surface area contributed by atoms with Crippen LogP contribution in [0.4, 0.5) is 0 Å². The summed E-state index contributed by atoms with van der Waals surface area (Å²) in [5.41, 5.74) is 1.13. The summed E-state index contributed by atoms with van der Waals surface area (Å²) in [6.45, 7) is 0. The molecule has 3 heterocycles. The van der Waals surface area contributed by atoms with Gasteiger partial charge in [0.25, 0.3) is 0 Å². The van der Waals surface area contributed by atoms with Crippen molar-refractivity contribution in [1.82, 2.24) is 0 Å². The van der Waals surface area contributed by atoms with Crippen molar-refractivity contribution in [2.45, 2.75) is 0 Å². The topological polar surface area (TPSA) is 47.6 Å². The number of thioether (sulfide) groups is 2. The van der Waals surface area contributed by atoms with Crippen LogP contribution < -0.4 is 0 Å². The molecule has 2 nitrogen and oxygen atoms in total. The Balaban J connectivity index is 2.12. The quantitative estimate of drug-likeness (QED) is 0.753. The molecule has 6 heteroatoms. The van der Waals surface area contributed by atoms with Crippen molar-refractivity contribution >= 4 is 51.8 Å². The first-order chi connectivity index (χ1) is 9.83. The van der Waals surface area contributed by atoms with E-state index in [1.807, 2.05) is 22.9 Å². The third-order valence-electron chi connectivity index (χ3n) is 2.54. The molecule has 0 atom stereocenters. The molecule has 0 saturated heterocycles. The van der Waals surface area contributed by atoms with Gasteiger partial charge < -0.3 is 0 Å². The highest BCUT2D eigenvalue weighted by Crippen LogP contribution is 2.53. The summed E-state index contributed by atoms with van der Waals surface area (Å²) in [4.78, 5) is 3.33. The number of rotatable bonds is 2. The molecule has 2 aromatic rings. The van der Waals surface area contributed by atoms with E-state index < -0.39 is 0 Å². The minimum atomic E-state index is 0.498. The summed E-state index contributed by atoms with van der Waals surface area (Å²) in [5.74, 6) is 0. The van der Waals surface area contributed by atoms with Crippen molar-refractivity contribution in [3.63, 3.8) is 0 Å². The molecule has 1 aliphatic heterocycles. The van der Waals surface area contributed by atoms with Gasteiger partial charge in [0.1, 0.15) is 21.9 Å². The van der Waals surface area contributed by atoms with Gasteiger partial charge in [-0.15, -0.1) is 22.7 Å². The highest BCUT2D eigenvalue weighted by molar-refractivity contribution is 8.29. The molecule has 0 radical (unpaired) electrons. The summed E-state index contributed by atoms with van der Waals surface area (Å²) in [5, 5.41) is 22.3. The summed E-state index contributed by atoms with van der Waals surface area (Å²) in [7, 11) is 0. The fraction of sp³-hybridized carbons (Fsp3) is 0. The molecule has 3 rings (SSSR count). The van der Waals surface area contributed by atoms with E-state index in [9.17, 15) is 0 Å². The number of hydrogen-bond donors (Lipinski definition) is 0. The van der Waals surface area contributed by atoms with Gasteiger partial charge in [-0.05, 0) is 22.9 Å². The highest BCUT2D eigenvalue weighted by atomic mass is 32.2. The number of nitrogens with zero attached hydrogens (tertiary/aromatic N) is 2. The molecule has 0 fully saturated rings. The second-order valence-electron chi connectivity index (χ2n) is 3.70. The van der Waals surface area contributed by atoms with Crippen molar-refractivity contribution in [3.8, 4) is 12.1 Å². The van der Waals surface area contributed by atoms with Crippen LogP contribution in [0.3, 0.4) is 0 Å². The van der Waals surface area contributed by atoms with Gasteiger partial charge in [-0.25, -0.2) is 0 Å². The molecule has 2 aromatic heterocycles. The number of allylic oxidation sites excluding steroid dienone is 2. The Labute approximate surface area is 133 Å². The Hall–Kier alpha value is -1.44. The van der Waals surface area contributed by atoms with E-state index in [1.54, 1.807) is 22.7 Å². The highest BCUT2D eigenvalue weighted by Gasteiger charge is 2.26. The van der Waals surface area contributed by atoms with Crippen molar-refractivity contribution in [3.05, 3.63) is 58.8 Å². The van der Waals surface area contributed by atoms with Gasteiger partial charge in [-0.1, -0.05) is 35.7 Å². The molecule has 0 aliphatic carbocycles. The van der Waals surface area contributed by atoms with Crippen LogP contribution in [0.25, 0.3) is 5.57 Å². The minimum Gasteiger partial charge on any atom is -0.192 e. The molecule has 0 bridgehead atoms. The maximum absolute atomic E-state index is 9.12. The monoisotopic (exact) mass is 330 g/mol. The summed E-state index contributed by atoms with van der Waals surface area (Å²) in [6, 6.07) is 12.4. The van der Waals surface area contributed by atoms with Gasteiger partial charge in [0, 0.05) is 15.3 Å². The number of thiophene rings is 2. The van der Waals surface area contributed by atoms with Gasteiger partial charge in [0.15, 0.2) is 0 Å². The van der Waals surface area contributed by atoms with Gasteiger partial charge in [-0.3, -0.25) is 0 Å². The Morgan fingerprint density at radius 3 is 1.70 bits per heavy atom. The van der Waals surface area contributed by atoms with E-state index >= 15 is 0 Å². The zero-order valence-electron chi connectivity index (χ0n) is 9.99. The van der Waals surface area contributed by atoms with Crippen LogP contribution in [0.1, 0.15) is 9.75 Å². The van der Waals surface area contributed by atoms with Crippen LogP contribution >= 0.6 is 46.2 Å². The van der Waals surface area contributed by atoms with Crippen LogP contribution in [0.2, 0.25) is 0 Å². The predicted molar refractivity (Wildman–Crippen MR) is 88.1 cm³/mol. The Morgan fingerprint density at radius 1 is 0.850 bits per heavy atom. The lowest BCUT2D eigenvalue weighted by Gasteiger charge is -2.06. The van der Waals surface area contributed by atoms with E-state index in [2.05, 4.69) is 24.3 Å². The molecule has 0 N–H and O–H groups in total. The Bertz CT molecular complexity index is 704. The first-order valence-corrected chi connectivity index (χ1v) is 8.95. The third-order valence-corrected chi connectivity index (χ3v) is 6.72. The molecule has 0 spiro atoms. The molecule has 20 heavy (non-hydrogen) atoms. The fourth-order valence-electron chi connectivity index (χ4n) is 1.71. The van der Waals surface area contributed by atoms with Crippen LogP contribution in [-0.4, -0.2) is 0 Å². The zero-order chi connectivity index (χ0) is 13.9. The lowest BCUT2D eigenvalue weighted by atomic mass is 10.2. The smallest absolute Gasteiger partial charge is 0.115 e. The largest absolute Gasteiger partial charge is 0.192 e. The van der Waals surface area contributed by atoms with Crippen LogP contribution in [0.15, 0.2) is 49.1 Å². The standard InChI is InChI=1S/C14H6N2S4/c15-7-11-12(8-16)20-14(19-11)13(9-3-1-5-17-9)10-4-2-6-18-10/h1-6H. The lowest BCUT2D eigenvalue weighted by molar-refractivity contribution is 1.50. The number of nitriles is 2. The second kappa shape index (κ2) is 5.90. The van der Waals surface area contributed by atoms with E-state index in [0.717, 1.165) is 9.81 Å². The Morgan fingerprint density at radius 2 is 1.35 bits per heavy atom. The van der Waals surface area contributed by atoms with Crippen LogP contribution in [-0.2, 0) is 0 Å².